The fraction of sp³-hybridized carbons (Fsp3) is 0.500. The lowest BCUT2D eigenvalue weighted by atomic mass is 9.96. The second-order valence-electron chi connectivity index (χ2n) is 3.76. The molecular weight excluding hydrogens is 160 g/mol. The fourth-order valence-electron chi connectivity index (χ4n) is 1.26. The van der Waals surface area contributed by atoms with Crippen LogP contribution >= 0.6 is 0 Å². The van der Waals surface area contributed by atoms with Crippen molar-refractivity contribution >= 4 is 0 Å². The van der Waals surface area contributed by atoms with Crippen molar-refractivity contribution in [3.63, 3.8) is 0 Å². The first-order valence-corrected chi connectivity index (χ1v) is 4.74. The summed E-state index contributed by atoms with van der Waals surface area (Å²) in [5, 5.41) is 0. The molecule has 72 valence electrons. The molecular formula is C12H18O. The van der Waals surface area contributed by atoms with Crippen LogP contribution in [-0.4, -0.2) is 7.11 Å². The summed E-state index contributed by atoms with van der Waals surface area (Å²) in [7, 11) is 1.74. The van der Waals surface area contributed by atoms with Gasteiger partial charge in [-0.2, -0.15) is 0 Å². The molecule has 1 nitrogen and oxygen atoms in total. The predicted octanol–water partition coefficient (Wildman–Crippen LogP) is 3.13. The summed E-state index contributed by atoms with van der Waals surface area (Å²) >= 11 is 0. The van der Waals surface area contributed by atoms with Gasteiger partial charge in [-0.1, -0.05) is 31.2 Å². The van der Waals surface area contributed by atoms with Crippen LogP contribution in [0, 0.1) is 0 Å². The Morgan fingerprint density at radius 1 is 1.15 bits per heavy atom. The molecule has 0 amide bonds. The molecule has 0 radical (unpaired) electrons. The molecule has 0 aliphatic rings. The number of benzene rings is 1. The van der Waals surface area contributed by atoms with Gasteiger partial charge in [-0.05, 0) is 31.4 Å². The second kappa shape index (κ2) is 3.93. The van der Waals surface area contributed by atoms with Gasteiger partial charge >= 0.3 is 0 Å². The van der Waals surface area contributed by atoms with Crippen molar-refractivity contribution in [2.24, 2.45) is 0 Å². The van der Waals surface area contributed by atoms with Crippen molar-refractivity contribution in [1.29, 1.82) is 0 Å². The predicted molar refractivity (Wildman–Crippen MR) is 55.9 cm³/mol. The van der Waals surface area contributed by atoms with E-state index in [1.807, 2.05) is 0 Å². The van der Waals surface area contributed by atoms with Gasteiger partial charge < -0.3 is 4.74 Å². The Kier molecular flexibility index (Phi) is 3.10. The van der Waals surface area contributed by atoms with Gasteiger partial charge in [-0.25, -0.2) is 0 Å². The topological polar surface area (TPSA) is 9.23 Å². The molecule has 0 N–H and O–H groups in total. The maximum Gasteiger partial charge on any atom is 0.0871 e. The van der Waals surface area contributed by atoms with E-state index in [1.165, 1.54) is 11.1 Å². The molecule has 0 heterocycles. The summed E-state index contributed by atoms with van der Waals surface area (Å²) in [6, 6.07) is 8.61. The Labute approximate surface area is 80.7 Å². The van der Waals surface area contributed by atoms with Crippen molar-refractivity contribution in [3.8, 4) is 0 Å². The molecule has 0 fully saturated rings. The largest absolute Gasteiger partial charge is 0.374 e. The van der Waals surface area contributed by atoms with Crippen LogP contribution in [0.5, 0.6) is 0 Å². The first-order chi connectivity index (χ1) is 6.10. The van der Waals surface area contributed by atoms with Gasteiger partial charge in [0.15, 0.2) is 0 Å². The minimum Gasteiger partial charge on any atom is -0.374 e. The first kappa shape index (κ1) is 10.3. The summed E-state index contributed by atoms with van der Waals surface area (Å²) in [6.45, 7) is 6.32. The van der Waals surface area contributed by atoms with Crippen LogP contribution in [0.4, 0.5) is 0 Å². The number of hydrogen-bond acceptors (Lipinski definition) is 1. The van der Waals surface area contributed by atoms with Gasteiger partial charge in [-0.3, -0.25) is 0 Å². The van der Waals surface area contributed by atoms with Gasteiger partial charge in [0.25, 0.3) is 0 Å². The summed E-state index contributed by atoms with van der Waals surface area (Å²) in [5.41, 5.74) is 2.43. The molecule has 0 atom stereocenters. The van der Waals surface area contributed by atoms with Crippen LogP contribution in [-0.2, 0) is 16.8 Å². The summed E-state index contributed by atoms with van der Waals surface area (Å²) in [5.74, 6) is 0. The fourth-order valence-corrected chi connectivity index (χ4v) is 1.26. The van der Waals surface area contributed by atoms with E-state index < -0.39 is 0 Å². The number of ether oxygens (including phenoxy) is 1. The molecule has 0 bridgehead atoms. The van der Waals surface area contributed by atoms with Crippen LogP contribution in [0.25, 0.3) is 0 Å². The molecule has 0 aliphatic heterocycles. The average molecular weight is 178 g/mol. The Balaban J connectivity index is 2.92. The maximum atomic E-state index is 5.40. The van der Waals surface area contributed by atoms with Gasteiger partial charge in [0.05, 0.1) is 5.60 Å². The molecule has 0 saturated carbocycles. The second-order valence-corrected chi connectivity index (χ2v) is 3.76. The summed E-state index contributed by atoms with van der Waals surface area (Å²) in [6.07, 6.45) is 1.09. The van der Waals surface area contributed by atoms with Crippen molar-refractivity contribution < 1.29 is 4.74 Å². The minimum absolute atomic E-state index is 0.174. The first-order valence-electron chi connectivity index (χ1n) is 4.74. The quantitative estimate of drug-likeness (QED) is 0.691. The molecule has 1 rings (SSSR count). The third kappa shape index (κ3) is 2.31. The van der Waals surface area contributed by atoms with Crippen molar-refractivity contribution in [3.05, 3.63) is 35.4 Å². The molecule has 0 spiro atoms. The summed E-state index contributed by atoms with van der Waals surface area (Å²) < 4.78 is 5.40. The third-order valence-electron chi connectivity index (χ3n) is 2.57. The van der Waals surface area contributed by atoms with Crippen molar-refractivity contribution in [1.82, 2.24) is 0 Å². The molecule has 0 unspecified atom stereocenters. The van der Waals surface area contributed by atoms with E-state index >= 15 is 0 Å². The number of aryl methyl sites for hydroxylation is 1. The Hall–Kier alpha value is -0.820. The third-order valence-corrected chi connectivity index (χ3v) is 2.57. The summed E-state index contributed by atoms with van der Waals surface area (Å²) in [4.78, 5) is 0. The molecule has 0 aliphatic carbocycles. The van der Waals surface area contributed by atoms with Crippen LogP contribution in [0.3, 0.4) is 0 Å². The molecule has 1 aromatic rings. The normalized spacial score (nSPS) is 11.7. The lowest BCUT2D eigenvalue weighted by Crippen LogP contribution is -2.19. The number of rotatable bonds is 3. The average Bonchev–Trinajstić information content (AvgIpc) is 2.18. The Morgan fingerprint density at radius 3 is 2.08 bits per heavy atom. The van der Waals surface area contributed by atoms with Gasteiger partial charge in [0.1, 0.15) is 0 Å². The van der Waals surface area contributed by atoms with Gasteiger partial charge in [0.2, 0.25) is 0 Å². The van der Waals surface area contributed by atoms with E-state index in [1.54, 1.807) is 7.11 Å². The molecule has 1 aromatic carbocycles. The maximum absolute atomic E-state index is 5.40. The lowest BCUT2D eigenvalue weighted by Gasteiger charge is -2.23. The van der Waals surface area contributed by atoms with E-state index in [0.717, 1.165) is 6.42 Å². The van der Waals surface area contributed by atoms with Crippen LogP contribution < -0.4 is 0 Å². The van der Waals surface area contributed by atoms with Crippen LogP contribution in [0.15, 0.2) is 24.3 Å². The van der Waals surface area contributed by atoms with Crippen LogP contribution in [0.2, 0.25) is 0 Å². The Bertz CT molecular complexity index is 259. The van der Waals surface area contributed by atoms with Gasteiger partial charge in [-0.15, -0.1) is 0 Å². The SMILES string of the molecule is CCc1ccc(C(C)(C)OC)cc1. The lowest BCUT2D eigenvalue weighted by molar-refractivity contribution is 0.0192. The van der Waals surface area contributed by atoms with Crippen molar-refractivity contribution in [2.75, 3.05) is 7.11 Å². The highest BCUT2D eigenvalue weighted by Gasteiger charge is 2.18. The molecule has 0 aromatic heterocycles. The smallest absolute Gasteiger partial charge is 0.0871 e. The molecule has 13 heavy (non-hydrogen) atoms. The zero-order valence-corrected chi connectivity index (χ0v) is 8.92. The minimum atomic E-state index is -0.174. The van der Waals surface area contributed by atoms with Crippen LogP contribution in [0.1, 0.15) is 31.9 Å². The zero-order valence-electron chi connectivity index (χ0n) is 8.92. The Morgan fingerprint density at radius 2 is 1.69 bits per heavy atom. The van der Waals surface area contributed by atoms with E-state index in [2.05, 4.69) is 45.0 Å². The highest BCUT2D eigenvalue weighted by molar-refractivity contribution is 5.26. The van der Waals surface area contributed by atoms with Crippen molar-refractivity contribution in [2.45, 2.75) is 32.8 Å². The molecule has 0 saturated heterocycles. The monoisotopic (exact) mass is 178 g/mol. The number of hydrogen-bond donors (Lipinski definition) is 0. The van der Waals surface area contributed by atoms with E-state index in [-0.39, 0.29) is 5.60 Å². The highest BCUT2D eigenvalue weighted by atomic mass is 16.5. The van der Waals surface area contributed by atoms with E-state index in [9.17, 15) is 0 Å². The highest BCUT2D eigenvalue weighted by Crippen LogP contribution is 2.23. The van der Waals surface area contributed by atoms with Gasteiger partial charge in [0, 0.05) is 7.11 Å². The van der Waals surface area contributed by atoms with E-state index in [4.69, 9.17) is 4.74 Å². The standard InChI is InChI=1S/C12H18O/c1-5-10-6-8-11(9-7-10)12(2,3)13-4/h6-9H,5H2,1-4H3. The number of methoxy groups -OCH3 is 1. The van der Waals surface area contributed by atoms with E-state index in [0.29, 0.717) is 0 Å². The zero-order chi connectivity index (χ0) is 9.90. The molecule has 1 heteroatoms.